The van der Waals surface area contributed by atoms with Crippen molar-refractivity contribution in [1.82, 2.24) is 15.1 Å². The summed E-state index contributed by atoms with van der Waals surface area (Å²) in [4.78, 5) is 16.8. The highest BCUT2D eigenvalue weighted by molar-refractivity contribution is 5.74. The molecule has 1 N–H and O–H groups in total. The number of fused-ring (bicyclic) bond motifs is 4. The summed E-state index contributed by atoms with van der Waals surface area (Å²) in [7, 11) is 3.64. The van der Waals surface area contributed by atoms with E-state index in [2.05, 4.69) is 34.5 Å². The molecule has 4 nitrogen and oxygen atoms in total. The van der Waals surface area contributed by atoms with Gasteiger partial charge >= 0.3 is 6.03 Å². The van der Waals surface area contributed by atoms with Crippen LogP contribution < -0.4 is 5.32 Å². The van der Waals surface area contributed by atoms with E-state index in [0.717, 1.165) is 24.3 Å². The lowest BCUT2D eigenvalue weighted by molar-refractivity contribution is 0.0675. The summed E-state index contributed by atoms with van der Waals surface area (Å²) >= 11 is 0. The summed E-state index contributed by atoms with van der Waals surface area (Å²) in [5, 5.41) is 3.25. The largest absolute Gasteiger partial charge is 0.331 e. The third kappa shape index (κ3) is 3.58. The highest BCUT2D eigenvalue weighted by atomic mass is 16.2. The second kappa shape index (κ2) is 7.61. The van der Waals surface area contributed by atoms with Crippen LogP contribution in [0.25, 0.3) is 0 Å². The quantitative estimate of drug-likeness (QED) is 0.787. The van der Waals surface area contributed by atoms with Crippen molar-refractivity contribution in [1.29, 1.82) is 0 Å². The van der Waals surface area contributed by atoms with E-state index in [9.17, 15) is 4.79 Å². The van der Waals surface area contributed by atoms with Crippen molar-refractivity contribution in [2.75, 3.05) is 27.2 Å². The van der Waals surface area contributed by atoms with E-state index in [1.165, 1.54) is 75.6 Å². The second-order valence-electron chi connectivity index (χ2n) is 10.5. The van der Waals surface area contributed by atoms with Crippen molar-refractivity contribution in [3.8, 4) is 0 Å². The highest BCUT2D eigenvalue weighted by Gasteiger charge is 2.44. The van der Waals surface area contributed by atoms with Crippen LogP contribution in [0.3, 0.4) is 0 Å². The molecule has 3 fully saturated rings. The summed E-state index contributed by atoms with van der Waals surface area (Å²) in [6.45, 7) is 2.51. The van der Waals surface area contributed by atoms with Gasteiger partial charge in [0.1, 0.15) is 0 Å². The predicted molar refractivity (Wildman–Crippen MR) is 117 cm³/mol. The Hall–Kier alpha value is -1.55. The lowest BCUT2D eigenvalue weighted by Gasteiger charge is -2.49. The van der Waals surface area contributed by atoms with Crippen LogP contribution in [0.4, 0.5) is 4.79 Å². The minimum absolute atomic E-state index is 0.0162. The zero-order valence-electron chi connectivity index (χ0n) is 18.2. The molecular weight excluding hydrogens is 358 g/mol. The van der Waals surface area contributed by atoms with E-state index in [4.69, 9.17) is 0 Å². The number of amides is 2. The second-order valence-corrected chi connectivity index (χ2v) is 10.5. The zero-order chi connectivity index (χ0) is 20.0. The van der Waals surface area contributed by atoms with Gasteiger partial charge in [-0.1, -0.05) is 37.1 Å². The molecule has 1 aliphatic heterocycles. The molecule has 29 heavy (non-hydrogen) atoms. The highest BCUT2D eigenvalue weighted by Crippen LogP contribution is 2.50. The molecule has 1 spiro atoms. The Morgan fingerprint density at radius 2 is 1.69 bits per heavy atom. The summed E-state index contributed by atoms with van der Waals surface area (Å²) in [6, 6.07) is 9.95. The molecular formula is C25H37N3O. The summed E-state index contributed by atoms with van der Waals surface area (Å²) in [6.07, 6.45) is 12.2. The molecule has 1 aromatic carbocycles. The molecule has 2 saturated carbocycles. The van der Waals surface area contributed by atoms with Gasteiger partial charge in [0.15, 0.2) is 0 Å². The van der Waals surface area contributed by atoms with Crippen molar-refractivity contribution in [3.05, 3.63) is 35.4 Å². The molecule has 0 aromatic heterocycles. The van der Waals surface area contributed by atoms with Crippen LogP contribution in [-0.4, -0.2) is 49.1 Å². The number of urea groups is 1. The van der Waals surface area contributed by atoms with E-state index >= 15 is 0 Å². The van der Waals surface area contributed by atoms with Gasteiger partial charge in [-0.05, 0) is 86.4 Å². The molecule has 4 atom stereocenters. The number of nitrogens with zero attached hydrogens (tertiary/aromatic N) is 2. The molecule has 2 bridgehead atoms. The van der Waals surface area contributed by atoms with Gasteiger partial charge in [-0.25, -0.2) is 4.79 Å². The minimum atomic E-state index is 0.0162. The maximum absolute atomic E-state index is 12.3. The first kappa shape index (κ1) is 19.4. The average Bonchev–Trinajstić information content (AvgIpc) is 3.08. The van der Waals surface area contributed by atoms with Crippen molar-refractivity contribution in [2.45, 2.75) is 75.3 Å². The first-order valence-electron chi connectivity index (χ1n) is 11.9. The number of likely N-dealkylation sites (tertiary alicyclic amines) is 1. The van der Waals surface area contributed by atoms with E-state index in [-0.39, 0.29) is 12.1 Å². The Kier molecular flexibility index (Phi) is 5.09. The summed E-state index contributed by atoms with van der Waals surface area (Å²) < 4.78 is 0. The fourth-order valence-electron chi connectivity index (χ4n) is 7.03. The van der Waals surface area contributed by atoms with Crippen LogP contribution in [0.2, 0.25) is 0 Å². The van der Waals surface area contributed by atoms with Crippen LogP contribution in [-0.2, 0) is 5.41 Å². The molecule has 4 heteroatoms. The molecule has 3 aliphatic carbocycles. The molecule has 2 amide bonds. The molecule has 2 unspecified atom stereocenters. The van der Waals surface area contributed by atoms with Crippen molar-refractivity contribution >= 4 is 6.03 Å². The first-order valence-corrected chi connectivity index (χ1v) is 11.9. The van der Waals surface area contributed by atoms with E-state index < -0.39 is 0 Å². The minimum Gasteiger partial charge on any atom is -0.331 e. The zero-order valence-corrected chi connectivity index (χ0v) is 18.2. The number of hydrogen-bond acceptors (Lipinski definition) is 2. The van der Waals surface area contributed by atoms with Crippen molar-refractivity contribution in [3.63, 3.8) is 0 Å². The van der Waals surface area contributed by atoms with Gasteiger partial charge in [0.2, 0.25) is 0 Å². The van der Waals surface area contributed by atoms with Gasteiger partial charge in [-0.3, -0.25) is 0 Å². The van der Waals surface area contributed by atoms with Crippen LogP contribution in [0.1, 0.15) is 75.0 Å². The molecule has 0 radical (unpaired) electrons. The third-order valence-electron chi connectivity index (χ3n) is 8.66. The maximum Gasteiger partial charge on any atom is 0.317 e. The predicted octanol–water partition coefficient (Wildman–Crippen LogP) is 4.71. The number of piperidine rings is 1. The molecule has 4 aliphatic rings. The molecule has 1 saturated heterocycles. The van der Waals surface area contributed by atoms with E-state index in [1.54, 1.807) is 4.90 Å². The molecule has 158 valence electrons. The van der Waals surface area contributed by atoms with Crippen molar-refractivity contribution in [2.24, 2.45) is 11.8 Å². The number of carbonyl (C=O) groups excluding carboxylic acids is 1. The van der Waals surface area contributed by atoms with E-state index in [1.807, 2.05) is 14.1 Å². The number of benzene rings is 1. The van der Waals surface area contributed by atoms with Crippen LogP contribution in [0.15, 0.2) is 24.3 Å². The molecule has 1 aromatic rings. The molecule has 5 rings (SSSR count). The maximum atomic E-state index is 12.3. The van der Waals surface area contributed by atoms with Crippen LogP contribution in [0, 0.1) is 11.8 Å². The van der Waals surface area contributed by atoms with Gasteiger partial charge in [-0.15, -0.1) is 0 Å². The van der Waals surface area contributed by atoms with Gasteiger partial charge < -0.3 is 15.1 Å². The first-order chi connectivity index (χ1) is 14.0. The van der Waals surface area contributed by atoms with Gasteiger partial charge in [0.25, 0.3) is 0 Å². The lowest BCUT2D eigenvalue weighted by Crippen LogP contribution is -2.50. The summed E-state index contributed by atoms with van der Waals surface area (Å²) in [5.41, 5.74) is 3.19. The normalized spacial score (nSPS) is 33.3. The number of rotatable bonds is 2. The van der Waals surface area contributed by atoms with Crippen molar-refractivity contribution < 1.29 is 4.79 Å². The van der Waals surface area contributed by atoms with Crippen LogP contribution >= 0.6 is 0 Å². The van der Waals surface area contributed by atoms with E-state index in [0.29, 0.717) is 5.41 Å². The Morgan fingerprint density at radius 3 is 2.38 bits per heavy atom. The van der Waals surface area contributed by atoms with Gasteiger partial charge in [0, 0.05) is 20.1 Å². The molecule has 1 heterocycles. The van der Waals surface area contributed by atoms with Gasteiger partial charge in [-0.2, -0.15) is 0 Å². The number of nitrogens with one attached hydrogen (secondary N) is 1. The Bertz CT molecular complexity index is 740. The Balaban J connectivity index is 1.30. The van der Waals surface area contributed by atoms with Crippen LogP contribution in [0.5, 0.6) is 0 Å². The smallest absolute Gasteiger partial charge is 0.317 e. The number of hydrogen-bond donors (Lipinski definition) is 1. The monoisotopic (exact) mass is 395 g/mol. The van der Waals surface area contributed by atoms with Gasteiger partial charge in [0.05, 0.1) is 6.04 Å². The lowest BCUT2D eigenvalue weighted by atomic mass is 9.63. The standard InChI is InChI=1S/C25H37N3O/c1-27(2)24(29)26-23-9-10-25(22-6-4-3-5-21(22)23)11-13-28(14-12-25)20-16-18-7-8-19(15-18)17-20/h3-6,18-20,23H,7-17H2,1-2H3,(H,26,29)/t18-,19?,20?,23+/m1/s1. The Labute approximate surface area is 176 Å². The fraction of sp³-hybridized carbons (Fsp3) is 0.720. The summed E-state index contributed by atoms with van der Waals surface area (Å²) in [5.74, 6) is 2.04. The SMILES string of the molecule is CN(C)C(=O)N[C@H]1CCC2(CCN(C3CC4CC[C@H](C4)C3)CC2)c2ccccc21. The fourth-order valence-corrected chi connectivity index (χ4v) is 7.03. The topological polar surface area (TPSA) is 35.6 Å². The average molecular weight is 396 g/mol. The third-order valence-corrected chi connectivity index (χ3v) is 8.66. The Morgan fingerprint density at radius 1 is 1.00 bits per heavy atom. The number of carbonyl (C=O) groups is 1.